The van der Waals surface area contributed by atoms with Crippen molar-refractivity contribution in [2.75, 3.05) is 31.1 Å². The van der Waals surface area contributed by atoms with Crippen LogP contribution in [0.3, 0.4) is 0 Å². The summed E-state index contributed by atoms with van der Waals surface area (Å²) in [6.07, 6.45) is 6.55. The van der Waals surface area contributed by atoms with Gasteiger partial charge < -0.3 is 9.80 Å². The van der Waals surface area contributed by atoms with Crippen molar-refractivity contribution < 1.29 is 4.79 Å². The first-order valence-corrected chi connectivity index (χ1v) is 9.12. The van der Waals surface area contributed by atoms with Gasteiger partial charge in [0.2, 0.25) is 5.13 Å². The lowest BCUT2D eigenvalue weighted by Gasteiger charge is -2.40. The minimum atomic E-state index is -0.00702. The summed E-state index contributed by atoms with van der Waals surface area (Å²) in [6.45, 7) is 5.42. The van der Waals surface area contributed by atoms with Gasteiger partial charge in [-0.2, -0.15) is 0 Å². The summed E-state index contributed by atoms with van der Waals surface area (Å²) in [7, 11) is 0. The summed E-state index contributed by atoms with van der Waals surface area (Å²) >= 11 is 1.58. The Balaban J connectivity index is 1.47. The molecule has 1 amide bonds. The van der Waals surface area contributed by atoms with Crippen LogP contribution in [0.15, 0.2) is 17.9 Å². The molecule has 0 aliphatic carbocycles. The number of aryl methyl sites for hydroxylation is 1. The fraction of sp³-hybridized carbons (Fsp3) is 0.562. The largest absolute Gasteiger partial charge is 0.346 e. The molecule has 0 N–H and O–H groups in total. The van der Waals surface area contributed by atoms with E-state index < -0.39 is 0 Å². The van der Waals surface area contributed by atoms with E-state index in [9.17, 15) is 4.79 Å². The van der Waals surface area contributed by atoms with Gasteiger partial charge in [0.25, 0.3) is 5.91 Å². The van der Waals surface area contributed by atoms with Crippen LogP contribution in [-0.4, -0.2) is 57.2 Å². The maximum Gasteiger partial charge on any atom is 0.274 e. The molecule has 0 saturated carbocycles. The van der Waals surface area contributed by atoms with Crippen LogP contribution in [0.1, 0.15) is 35.4 Å². The molecular weight excluding hydrogens is 324 g/mol. The molecule has 7 nitrogen and oxygen atoms in total. The number of anilines is 1. The molecule has 2 fully saturated rings. The molecule has 8 heteroatoms. The van der Waals surface area contributed by atoms with Gasteiger partial charge in [0.05, 0.1) is 11.9 Å². The van der Waals surface area contributed by atoms with Crippen molar-refractivity contribution in [2.24, 2.45) is 5.41 Å². The molecule has 24 heavy (non-hydrogen) atoms. The highest BCUT2D eigenvalue weighted by atomic mass is 32.1. The van der Waals surface area contributed by atoms with Gasteiger partial charge >= 0.3 is 0 Å². The van der Waals surface area contributed by atoms with Gasteiger partial charge in [-0.05, 0) is 26.2 Å². The maximum atomic E-state index is 12.7. The molecule has 0 aromatic carbocycles. The number of carbonyl (C=O) groups excluding carboxylic acids is 1. The van der Waals surface area contributed by atoms with E-state index in [1.807, 2.05) is 11.8 Å². The fourth-order valence-electron chi connectivity index (χ4n) is 3.78. The van der Waals surface area contributed by atoms with E-state index in [0.29, 0.717) is 5.69 Å². The molecule has 4 rings (SSSR count). The average Bonchev–Trinajstić information content (AvgIpc) is 3.26. The number of rotatable bonds is 2. The van der Waals surface area contributed by atoms with E-state index in [4.69, 9.17) is 0 Å². The third-order valence-electron chi connectivity index (χ3n) is 5.01. The molecule has 126 valence electrons. The highest BCUT2D eigenvalue weighted by Crippen LogP contribution is 2.40. The van der Waals surface area contributed by atoms with Crippen molar-refractivity contribution in [3.8, 4) is 0 Å². The van der Waals surface area contributed by atoms with Crippen LogP contribution in [0.25, 0.3) is 0 Å². The van der Waals surface area contributed by atoms with Crippen LogP contribution >= 0.6 is 11.3 Å². The first kappa shape index (κ1) is 15.4. The number of hydrogen-bond acceptors (Lipinski definition) is 7. The van der Waals surface area contributed by atoms with Crippen LogP contribution < -0.4 is 4.90 Å². The predicted molar refractivity (Wildman–Crippen MR) is 91.1 cm³/mol. The molecule has 0 radical (unpaired) electrons. The fourth-order valence-corrected chi connectivity index (χ4v) is 4.37. The van der Waals surface area contributed by atoms with Gasteiger partial charge in [0.1, 0.15) is 11.2 Å². The minimum absolute atomic E-state index is 0.00702. The SMILES string of the molecule is Cc1cnc(C(=O)N2CC[C@]3(CCCN(c4nncs4)C3)C2)cn1. The Hall–Kier alpha value is -2.09. The molecular formula is C16H20N6OS. The quantitative estimate of drug-likeness (QED) is 0.826. The molecule has 2 saturated heterocycles. The van der Waals surface area contributed by atoms with Crippen molar-refractivity contribution in [3.63, 3.8) is 0 Å². The topological polar surface area (TPSA) is 75.1 Å². The minimum Gasteiger partial charge on any atom is -0.346 e. The zero-order valence-corrected chi connectivity index (χ0v) is 14.5. The van der Waals surface area contributed by atoms with E-state index in [0.717, 1.165) is 56.3 Å². The third-order valence-corrected chi connectivity index (χ3v) is 5.76. The number of nitrogens with zero attached hydrogens (tertiary/aromatic N) is 6. The number of likely N-dealkylation sites (tertiary alicyclic amines) is 1. The van der Waals surface area contributed by atoms with Gasteiger partial charge in [0, 0.05) is 37.8 Å². The number of aromatic nitrogens is 4. The molecule has 0 unspecified atom stereocenters. The lowest BCUT2D eigenvalue weighted by molar-refractivity contribution is 0.0761. The second kappa shape index (κ2) is 6.08. The zero-order chi connectivity index (χ0) is 16.6. The molecule has 1 spiro atoms. The number of piperidine rings is 1. The summed E-state index contributed by atoms with van der Waals surface area (Å²) in [5, 5.41) is 9.14. The van der Waals surface area contributed by atoms with Gasteiger partial charge in [-0.3, -0.25) is 9.78 Å². The highest BCUT2D eigenvalue weighted by molar-refractivity contribution is 7.13. The Morgan fingerprint density at radius 2 is 2.12 bits per heavy atom. The van der Waals surface area contributed by atoms with Crippen LogP contribution in [0.4, 0.5) is 5.13 Å². The molecule has 2 aromatic rings. The van der Waals surface area contributed by atoms with Crippen molar-refractivity contribution in [1.82, 2.24) is 25.1 Å². The molecule has 2 aromatic heterocycles. The van der Waals surface area contributed by atoms with Crippen LogP contribution in [-0.2, 0) is 0 Å². The molecule has 1 atom stereocenters. The highest BCUT2D eigenvalue weighted by Gasteiger charge is 2.43. The van der Waals surface area contributed by atoms with Crippen molar-refractivity contribution in [2.45, 2.75) is 26.2 Å². The summed E-state index contributed by atoms with van der Waals surface area (Å²) in [4.78, 5) is 25.4. The van der Waals surface area contributed by atoms with E-state index >= 15 is 0 Å². The van der Waals surface area contributed by atoms with Crippen LogP contribution in [0.5, 0.6) is 0 Å². The van der Waals surface area contributed by atoms with Crippen molar-refractivity contribution >= 4 is 22.4 Å². The van der Waals surface area contributed by atoms with E-state index in [-0.39, 0.29) is 11.3 Å². The molecule has 4 heterocycles. The first-order valence-electron chi connectivity index (χ1n) is 8.24. The lowest BCUT2D eigenvalue weighted by Crippen LogP contribution is -2.45. The summed E-state index contributed by atoms with van der Waals surface area (Å²) in [5.74, 6) is -0.00702. The third kappa shape index (κ3) is 2.86. The summed E-state index contributed by atoms with van der Waals surface area (Å²) in [6, 6.07) is 0. The molecule has 0 bridgehead atoms. The normalized spacial score (nSPS) is 23.9. The maximum absolute atomic E-state index is 12.7. The Bertz CT molecular complexity index is 719. The zero-order valence-electron chi connectivity index (χ0n) is 13.7. The van der Waals surface area contributed by atoms with E-state index in [1.165, 1.54) is 0 Å². The van der Waals surface area contributed by atoms with Crippen LogP contribution in [0, 0.1) is 12.3 Å². The molecule has 2 aliphatic heterocycles. The lowest BCUT2D eigenvalue weighted by atomic mass is 9.79. The van der Waals surface area contributed by atoms with Gasteiger partial charge in [-0.1, -0.05) is 11.3 Å². The predicted octanol–water partition coefficient (Wildman–Crippen LogP) is 1.77. The first-order chi connectivity index (χ1) is 11.7. The Morgan fingerprint density at radius 1 is 1.21 bits per heavy atom. The van der Waals surface area contributed by atoms with Crippen LogP contribution in [0.2, 0.25) is 0 Å². The number of carbonyl (C=O) groups is 1. The number of hydrogen-bond donors (Lipinski definition) is 0. The van der Waals surface area contributed by atoms with Gasteiger partial charge in [0.15, 0.2) is 0 Å². The second-order valence-corrected chi connectivity index (χ2v) is 7.58. The number of amides is 1. The average molecular weight is 344 g/mol. The standard InChI is InChI=1S/C16H20N6OS/c1-12-7-18-13(8-17-12)14(23)21-6-4-16(9-21)3-2-5-22(10-16)15-20-19-11-24-15/h7-8,11H,2-6,9-10H2,1H3/t16-/m1/s1. The summed E-state index contributed by atoms with van der Waals surface area (Å²) in [5.41, 5.74) is 3.20. The van der Waals surface area contributed by atoms with E-state index in [2.05, 4.69) is 25.1 Å². The Labute approximate surface area is 144 Å². The van der Waals surface area contributed by atoms with Gasteiger partial charge in [-0.15, -0.1) is 10.2 Å². The Morgan fingerprint density at radius 3 is 2.88 bits per heavy atom. The second-order valence-electron chi connectivity index (χ2n) is 6.77. The monoisotopic (exact) mass is 344 g/mol. The van der Waals surface area contributed by atoms with Crippen molar-refractivity contribution in [3.05, 3.63) is 29.3 Å². The molecule has 2 aliphatic rings. The Kier molecular flexibility index (Phi) is 3.91. The van der Waals surface area contributed by atoms with Crippen molar-refractivity contribution in [1.29, 1.82) is 0 Å². The van der Waals surface area contributed by atoms with E-state index in [1.54, 1.807) is 29.2 Å². The smallest absolute Gasteiger partial charge is 0.274 e. The van der Waals surface area contributed by atoms with Gasteiger partial charge in [-0.25, -0.2) is 4.98 Å². The summed E-state index contributed by atoms with van der Waals surface area (Å²) < 4.78 is 0.